The highest BCUT2D eigenvalue weighted by atomic mass is 79.9. The van der Waals surface area contributed by atoms with Gasteiger partial charge in [-0.3, -0.25) is 0 Å². The molecule has 1 atom stereocenters. The fraction of sp³-hybridized carbons (Fsp3) is 0.300. The van der Waals surface area contributed by atoms with Crippen molar-refractivity contribution in [3.63, 3.8) is 0 Å². The minimum Gasteiger partial charge on any atom is -0.496 e. The van der Waals surface area contributed by atoms with E-state index in [4.69, 9.17) is 4.74 Å². The summed E-state index contributed by atoms with van der Waals surface area (Å²) in [4.78, 5) is 0. The second kappa shape index (κ2) is 3.94. The summed E-state index contributed by atoms with van der Waals surface area (Å²) in [5.74, 6) is 1.17. The van der Waals surface area contributed by atoms with E-state index in [9.17, 15) is 0 Å². The number of hydrogen-bond acceptors (Lipinski definition) is 1. The Hall–Kier alpha value is -0.500. The Morgan fingerprint density at radius 2 is 2.17 bits per heavy atom. The van der Waals surface area contributed by atoms with Crippen LogP contribution in [-0.2, 0) is 0 Å². The van der Waals surface area contributed by atoms with E-state index in [0.717, 1.165) is 10.2 Å². The molecule has 0 saturated heterocycles. The molecule has 0 aliphatic rings. The van der Waals surface area contributed by atoms with Gasteiger partial charge in [0.05, 0.1) is 11.6 Å². The Labute approximate surface area is 81.9 Å². The molecule has 0 bridgehead atoms. The van der Waals surface area contributed by atoms with Gasteiger partial charge in [-0.1, -0.05) is 13.0 Å². The van der Waals surface area contributed by atoms with Gasteiger partial charge in [-0.25, -0.2) is 0 Å². The summed E-state index contributed by atoms with van der Waals surface area (Å²) in [7, 11) is 1.66. The fourth-order valence-corrected chi connectivity index (χ4v) is 1.55. The number of hydrogen-bond donors (Lipinski definition) is 0. The molecule has 1 rings (SSSR count). The summed E-state index contributed by atoms with van der Waals surface area (Å²) in [5.41, 5.74) is 1.21. The highest BCUT2D eigenvalue weighted by Gasteiger charge is 2.03. The van der Waals surface area contributed by atoms with E-state index in [1.54, 1.807) is 7.11 Å². The topological polar surface area (TPSA) is 9.23 Å². The average molecular weight is 228 g/mol. The van der Waals surface area contributed by atoms with Crippen LogP contribution in [0.4, 0.5) is 0 Å². The van der Waals surface area contributed by atoms with Crippen LogP contribution in [0.5, 0.6) is 5.75 Å². The van der Waals surface area contributed by atoms with Crippen molar-refractivity contribution in [3.05, 3.63) is 35.2 Å². The standard InChI is InChI=1S/C10H12BrO/c1-7(2)8-4-5-10(12-3)9(11)6-8/h4-7H,1H2,2-3H3. The van der Waals surface area contributed by atoms with Gasteiger partial charge in [0.2, 0.25) is 0 Å². The first-order valence-corrected chi connectivity index (χ1v) is 4.61. The highest BCUT2D eigenvalue weighted by molar-refractivity contribution is 9.10. The van der Waals surface area contributed by atoms with Crippen LogP contribution in [0, 0.1) is 6.92 Å². The Morgan fingerprint density at radius 1 is 1.50 bits per heavy atom. The number of benzene rings is 1. The second-order valence-electron chi connectivity index (χ2n) is 2.80. The fourth-order valence-electron chi connectivity index (χ4n) is 0.989. The first-order valence-electron chi connectivity index (χ1n) is 3.81. The van der Waals surface area contributed by atoms with Gasteiger partial charge in [-0.2, -0.15) is 0 Å². The van der Waals surface area contributed by atoms with Gasteiger partial charge in [0, 0.05) is 0 Å². The number of ether oxygens (including phenoxy) is 1. The highest BCUT2D eigenvalue weighted by Crippen LogP contribution is 2.28. The molecule has 0 saturated carbocycles. The lowest BCUT2D eigenvalue weighted by molar-refractivity contribution is 0.412. The number of methoxy groups -OCH3 is 1. The van der Waals surface area contributed by atoms with Crippen LogP contribution in [0.2, 0.25) is 0 Å². The predicted octanol–water partition coefficient (Wildman–Crippen LogP) is 3.40. The van der Waals surface area contributed by atoms with Gasteiger partial charge in [0.25, 0.3) is 0 Å². The molecule has 0 fully saturated rings. The van der Waals surface area contributed by atoms with Crippen molar-refractivity contribution in [1.29, 1.82) is 0 Å². The zero-order chi connectivity index (χ0) is 9.14. The molecule has 65 valence electrons. The van der Waals surface area contributed by atoms with E-state index >= 15 is 0 Å². The summed E-state index contributed by atoms with van der Waals surface area (Å²) < 4.78 is 6.10. The van der Waals surface area contributed by atoms with Crippen molar-refractivity contribution in [3.8, 4) is 5.75 Å². The third-order valence-electron chi connectivity index (χ3n) is 1.74. The van der Waals surface area contributed by atoms with Crippen molar-refractivity contribution >= 4 is 15.9 Å². The third kappa shape index (κ3) is 2.01. The molecule has 0 aliphatic heterocycles. The minimum atomic E-state index is 0.312. The lowest BCUT2D eigenvalue weighted by Gasteiger charge is -2.08. The van der Waals surface area contributed by atoms with E-state index in [0.29, 0.717) is 5.92 Å². The molecule has 1 aromatic carbocycles. The van der Waals surface area contributed by atoms with Crippen molar-refractivity contribution in [2.24, 2.45) is 0 Å². The molecular formula is C10H12BrO. The summed E-state index contributed by atoms with van der Waals surface area (Å²) in [5, 5.41) is 0. The zero-order valence-electron chi connectivity index (χ0n) is 7.30. The van der Waals surface area contributed by atoms with Gasteiger partial charge in [-0.05, 0) is 46.5 Å². The molecule has 0 aliphatic carbocycles. The van der Waals surface area contributed by atoms with Crippen LogP contribution >= 0.6 is 15.9 Å². The second-order valence-corrected chi connectivity index (χ2v) is 3.65. The quantitative estimate of drug-likeness (QED) is 0.753. The van der Waals surface area contributed by atoms with Gasteiger partial charge in [-0.15, -0.1) is 0 Å². The van der Waals surface area contributed by atoms with Crippen LogP contribution in [0.25, 0.3) is 0 Å². The molecule has 0 amide bonds. The van der Waals surface area contributed by atoms with Crippen LogP contribution in [-0.4, -0.2) is 7.11 Å². The van der Waals surface area contributed by atoms with Crippen LogP contribution < -0.4 is 4.74 Å². The number of halogens is 1. The Morgan fingerprint density at radius 3 is 2.58 bits per heavy atom. The largest absolute Gasteiger partial charge is 0.496 e. The van der Waals surface area contributed by atoms with Crippen molar-refractivity contribution in [1.82, 2.24) is 0 Å². The summed E-state index contributed by atoms with van der Waals surface area (Å²) >= 11 is 3.42. The monoisotopic (exact) mass is 227 g/mol. The maximum atomic E-state index is 5.11. The molecule has 1 aromatic rings. The lowest BCUT2D eigenvalue weighted by atomic mass is 10.0. The minimum absolute atomic E-state index is 0.312. The molecule has 2 heteroatoms. The predicted molar refractivity (Wildman–Crippen MR) is 54.5 cm³/mol. The first-order chi connectivity index (χ1) is 5.65. The molecular weight excluding hydrogens is 216 g/mol. The summed E-state index contributed by atoms with van der Waals surface area (Å²) in [6, 6.07) is 6.01. The van der Waals surface area contributed by atoms with E-state index in [2.05, 4.69) is 29.8 Å². The van der Waals surface area contributed by atoms with E-state index in [1.165, 1.54) is 5.56 Å². The lowest BCUT2D eigenvalue weighted by Crippen LogP contribution is -1.89. The maximum absolute atomic E-state index is 5.11. The van der Waals surface area contributed by atoms with Gasteiger partial charge in [0.1, 0.15) is 5.75 Å². The summed E-state index contributed by atoms with van der Waals surface area (Å²) in [6.07, 6.45) is 0. The maximum Gasteiger partial charge on any atom is 0.133 e. The van der Waals surface area contributed by atoms with Crippen molar-refractivity contribution in [2.75, 3.05) is 7.11 Å². The van der Waals surface area contributed by atoms with Gasteiger partial charge in [0.15, 0.2) is 0 Å². The molecule has 1 radical (unpaired) electrons. The molecule has 0 aromatic heterocycles. The van der Waals surface area contributed by atoms with Crippen LogP contribution in [0.3, 0.4) is 0 Å². The molecule has 0 spiro atoms. The van der Waals surface area contributed by atoms with E-state index in [-0.39, 0.29) is 0 Å². The normalized spacial score (nSPS) is 10.4. The Bertz CT molecular complexity index is 269. The SMILES string of the molecule is [CH2]C(C)c1ccc(OC)c(Br)c1. The molecule has 0 N–H and O–H groups in total. The smallest absolute Gasteiger partial charge is 0.133 e. The number of rotatable bonds is 2. The van der Waals surface area contributed by atoms with Crippen molar-refractivity contribution < 1.29 is 4.74 Å². The Balaban J connectivity index is 3.02. The third-order valence-corrected chi connectivity index (χ3v) is 2.36. The zero-order valence-corrected chi connectivity index (χ0v) is 8.89. The van der Waals surface area contributed by atoms with Crippen LogP contribution in [0.15, 0.2) is 22.7 Å². The molecule has 12 heavy (non-hydrogen) atoms. The van der Waals surface area contributed by atoms with Crippen LogP contribution in [0.1, 0.15) is 18.4 Å². The van der Waals surface area contributed by atoms with E-state index < -0.39 is 0 Å². The molecule has 0 heterocycles. The summed E-state index contributed by atoms with van der Waals surface area (Å²) in [6.45, 7) is 6.01. The van der Waals surface area contributed by atoms with Crippen molar-refractivity contribution in [2.45, 2.75) is 12.8 Å². The average Bonchev–Trinajstić information content (AvgIpc) is 2.04. The molecule has 1 nitrogen and oxygen atoms in total. The van der Waals surface area contributed by atoms with E-state index in [1.807, 2.05) is 18.2 Å². The Kier molecular flexibility index (Phi) is 3.15. The van der Waals surface area contributed by atoms with Gasteiger partial charge < -0.3 is 4.74 Å². The first kappa shape index (κ1) is 9.59. The van der Waals surface area contributed by atoms with Gasteiger partial charge >= 0.3 is 0 Å². The molecule has 1 unspecified atom stereocenters.